The number of aryl methyl sites for hydroxylation is 1. The van der Waals surface area contributed by atoms with E-state index in [0.717, 1.165) is 30.0 Å². The van der Waals surface area contributed by atoms with Crippen LogP contribution in [-0.4, -0.2) is 51.1 Å². The molecule has 1 aliphatic heterocycles. The van der Waals surface area contributed by atoms with Crippen LogP contribution < -0.4 is 4.72 Å². The SMILES string of the molecule is CCc1ccc(S(=O)(=O)NCC(c2cccnc2)N2CCOCC2)s1. The van der Waals surface area contributed by atoms with Gasteiger partial charge in [-0.15, -0.1) is 11.3 Å². The van der Waals surface area contributed by atoms with Gasteiger partial charge in [-0.2, -0.15) is 0 Å². The number of nitrogens with one attached hydrogen (secondary N) is 1. The van der Waals surface area contributed by atoms with E-state index in [-0.39, 0.29) is 6.04 Å². The summed E-state index contributed by atoms with van der Waals surface area (Å²) >= 11 is 1.33. The number of sulfonamides is 1. The van der Waals surface area contributed by atoms with E-state index in [1.807, 2.05) is 25.1 Å². The molecular formula is C17H23N3O3S2. The van der Waals surface area contributed by atoms with Crippen molar-refractivity contribution in [3.05, 3.63) is 47.1 Å². The third kappa shape index (κ3) is 4.65. The van der Waals surface area contributed by atoms with Gasteiger partial charge in [0.15, 0.2) is 0 Å². The van der Waals surface area contributed by atoms with Crippen LogP contribution in [0.15, 0.2) is 40.9 Å². The number of pyridine rings is 1. The summed E-state index contributed by atoms with van der Waals surface area (Å²) in [7, 11) is -3.50. The lowest BCUT2D eigenvalue weighted by Gasteiger charge is -2.34. The molecule has 6 nitrogen and oxygen atoms in total. The molecule has 0 saturated carbocycles. The van der Waals surface area contributed by atoms with Gasteiger partial charge in [0.2, 0.25) is 10.0 Å². The first kappa shape index (κ1) is 18.5. The maximum absolute atomic E-state index is 12.6. The quantitative estimate of drug-likeness (QED) is 0.795. The highest BCUT2D eigenvalue weighted by molar-refractivity contribution is 7.91. The molecule has 0 aliphatic carbocycles. The highest BCUT2D eigenvalue weighted by atomic mass is 32.2. The smallest absolute Gasteiger partial charge is 0.250 e. The third-order valence-corrected chi connectivity index (χ3v) is 7.42. The van der Waals surface area contributed by atoms with E-state index in [1.54, 1.807) is 18.5 Å². The number of hydrogen-bond acceptors (Lipinski definition) is 6. The van der Waals surface area contributed by atoms with Crippen molar-refractivity contribution in [2.45, 2.75) is 23.6 Å². The van der Waals surface area contributed by atoms with Crippen LogP contribution in [0.3, 0.4) is 0 Å². The van der Waals surface area contributed by atoms with E-state index in [1.165, 1.54) is 11.3 Å². The van der Waals surface area contributed by atoms with E-state index in [2.05, 4.69) is 14.6 Å². The Balaban J connectivity index is 1.75. The number of hydrogen-bond donors (Lipinski definition) is 1. The number of nitrogens with zero attached hydrogens (tertiary/aromatic N) is 2. The molecule has 1 aliphatic rings. The van der Waals surface area contributed by atoms with Crippen LogP contribution in [-0.2, 0) is 21.2 Å². The van der Waals surface area contributed by atoms with Crippen molar-refractivity contribution >= 4 is 21.4 Å². The summed E-state index contributed by atoms with van der Waals surface area (Å²) in [6, 6.07) is 7.36. The zero-order valence-corrected chi connectivity index (χ0v) is 15.9. The average molecular weight is 382 g/mol. The molecule has 25 heavy (non-hydrogen) atoms. The molecule has 0 amide bonds. The van der Waals surface area contributed by atoms with Crippen LogP contribution in [0.2, 0.25) is 0 Å². The summed E-state index contributed by atoms with van der Waals surface area (Å²) in [4.78, 5) is 7.50. The molecule has 1 N–H and O–H groups in total. The normalized spacial score (nSPS) is 17.5. The lowest BCUT2D eigenvalue weighted by molar-refractivity contribution is 0.0171. The lowest BCUT2D eigenvalue weighted by atomic mass is 10.1. The molecule has 1 saturated heterocycles. The van der Waals surface area contributed by atoms with Crippen molar-refractivity contribution in [1.29, 1.82) is 0 Å². The van der Waals surface area contributed by atoms with Gasteiger partial charge in [0.25, 0.3) is 0 Å². The van der Waals surface area contributed by atoms with Crippen molar-refractivity contribution in [3.63, 3.8) is 0 Å². The zero-order chi connectivity index (χ0) is 17.7. The Hall–Kier alpha value is -1.32. The van der Waals surface area contributed by atoms with Crippen LogP contribution in [0.25, 0.3) is 0 Å². The predicted molar refractivity (Wildman–Crippen MR) is 98.3 cm³/mol. The first-order valence-corrected chi connectivity index (χ1v) is 10.7. The first-order valence-electron chi connectivity index (χ1n) is 8.40. The molecule has 8 heteroatoms. The molecule has 0 bridgehead atoms. The number of thiophene rings is 1. The molecule has 0 radical (unpaired) electrons. The maximum atomic E-state index is 12.6. The van der Waals surface area contributed by atoms with Crippen molar-refractivity contribution < 1.29 is 13.2 Å². The van der Waals surface area contributed by atoms with Crippen LogP contribution in [0, 0.1) is 0 Å². The molecule has 3 rings (SSSR count). The van der Waals surface area contributed by atoms with E-state index < -0.39 is 10.0 Å². The zero-order valence-electron chi connectivity index (χ0n) is 14.2. The van der Waals surface area contributed by atoms with Gasteiger partial charge in [-0.3, -0.25) is 9.88 Å². The van der Waals surface area contributed by atoms with Gasteiger partial charge >= 0.3 is 0 Å². The Morgan fingerprint density at radius 2 is 2.12 bits per heavy atom. The third-order valence-electron chi connectivity index (χ3n) is 4.27. The molecule has 2 aromatic heterocycles. The lowest BCUT2D eigenvalue weighted by Crippen LogP contribution is -2.43. The van der Waals surface area contributed by atoms with Gasteiger partial charge in [-0.25, -0.2) is 13.1 Å². The molecule has 1 atom stereocenters. The van der Waals surface area contributed by atoms with Crippen LogP contribution in [0.4, 0.5) is 0 Å². The number of aromatic nitrogens is 1. The Bertz CT molecular complexity index is 771. The highest BCUT2D eigenvalue weighted by Crippen LogP contribution is 2.24. The summed E-state index contributed by atoms with van der Waals surface area (Å²) in [5.41, 5.74) is 1.01. The van der Waals surface area contributed by atoms with Crippen molar-refractivity contribution in [1.82, 2.24) is 14.6 Å². The fourth-order valence-corrected chi connectivity index (χ4v) is 5.25. The Kier molecular flexibility index (Phi) is 6.19. The van der Waals surface area contributed by atoms with Crippen LogP contribution in [0.5, 0.6) is 0 Å². The summed E-state index contributed by atoms with van der Waals surface area (Å²) in [5, 5.41) is 0. The average Bonchev–Trinajstić information content (AvgIpc) is 3.14. The van der Waals surface area contributed by atoms with Crippen LogP contribution in [0.1, 0.15) is 23.4 Å². The van der Waals surface area contributed by atoms with Crippen molar-refractivity contribution in [2.75, 3.05) is 32.8 Å². The van der Waals surface area contributed by atoms with E-state index in [4.69, 9.17) is 4.74 Å². The Morgan fingerprint density at radius 1 is 1.32 bits per heavy atom. The van der Waals surface area contributed by atoms with Gasteiger partial charge in [-0.05, 0) is 30.2 Å². The summed E-state index contributed by atoms with van der Waals surface area (Å²) in [6.07, 6.45) is 4.36. The van der Waals surface area contributed by atoms with Crippen LogP contribution >= 0.6 is 11.3 Å². The maximum Gasteiger partial charge on any atom is 0.250 e. The Labute approximate surface area is 152 Å². The van der Waals surface area contributed by atoms with Gasteiger partial charge < -0.3 is 4.74 Å². The largest absolute Gasteiger partial charge is 0.379 e. The molecule has 136 valence electrons. The number of rotatable bonds is 7. The fourth-order valence-electron chi connectivity index (χ4n) is 2.87. The Morgan fingerprint density at radius 3 is 2.76 bits per heavy atom. The van der Waals surface area contributed by atoms with Gasteiger partial charge in [0.05, 0.1) is 19.3 Å². The molecule has 0 aromatic carbocycles. The molecule has 1 fully saturated rings. The summed E-state index contributed by atoms with van der Waals surface area (Å²) in [6.45, 7) is 5.21. The predicted octanol–water partition coefficient (Wildman–Crippen LogP) is 2.06. The monoisotopic (exact) mass is 381 g/mol. The van der Waals surface area contributed by atoms with E-state index in [9.17, 15) is 8.42 Å². The molecule has 3 heterocycles. The summed E-state index contributed by atoms with van der Waals surface area (Å²) in [5.74, 6) is 0. The second-order valence-electron chi connectivity index (χ2n) is 5.88. The van der Waals surface area contributed by atoms with Gasteiger partial charge in [0, 0.05) is 36.9 Å². The number of ether oxygens (including phenoxy) is 1. The second kappa shape index (κ2) is 8.37. The fraction of sp³-hybridized carbons (Fsp3) is 0.471. The van der Waals surface area contributed by atoms with Crippen molar-refractivity contribution in [2.24, 2.45) is 0 Å². The van der Waals surface area contributed by atoms with Gasteiger partial charge in [0.1, 0.15) is 4.21 Å². The first-order chi connectivity index (χ1) is 12.1. The molecule has 1 unspecified atom stereocenters. The highest BCUT2D eigenvalue weighted by Gasteiger charge is 2.25. The standard InChI is InChI=1S/C17H23N3O3S2/c1-2-15-5-6-17(24-15)25(21,22)19-13-16(14-4-3-7-18-12-14)20-8-10-23-11-9-20/h3-7,12,16,19H,2,8-11,13H2,1H3. The van der Waals surface area contributed by atoms with E-state index in [0.29, 0.717) is 24.0 Å². The summed E-state index contributed by atoms with van der Waals surface area (Å²) < 4.78 is 33.8. The topological polar surface area (TPSA) is 71.5 Å². The second-order valence-corrected chi connectivity index (χ2v) is 9.04. The van der Waals surface area contributed by atoms with Crippen molar-refractivity contribution in [3.8, 4) is 0 Å². The van der Waals surface area contributed by atoms with Gasteiger partial charge in [-0.1, -0.05) is 13.0 Å². The molecule has 0 spiro atoms. The minimum absolute atomic E-state index is 0.0574. The minimum Gasteiger partial charge on any atom is -0.379 e. The van der Waals surface area contributed by atoms with E-state index >= 15 is 0 Å². The molecular weight excluding hydrogens is 358 g/mol. The number of morpholine rings is 1. The minimum atomic E-state index is -3.50. The molecule has 2 aromatic rings.